The van der Waals surface area contributed by atoms with Gasteiger partial charge in [-0.3, -0.25) is 0 Å². The summed E-state index contributed by atoms with van der Waals surface area (Å²) in [6.07, 6.45) is 0. The molecule has 68 valence electrons. The van der Waals surface area contributed by atoms with E-state index in [1.165, 1.54) is 0 Å². The number of hydrogen-bond acceptors (Lipinski definition) is 8. The standard InChI is InChI=1S/2C2H2O4.U/c2*3-1(4)2(5)6;/h2*(H,3,4)(H,5,6);/q;;+4/p-4. The Bertz CT molecular complexity index is 172. The van der Waals surface area contributed by atoms with E-state index in [2.05, 4.69) is 0 Å². The Balaban J connectivity index is -0.000000143. The van der Waals surface area contributed by atoms with Gasteiger partial charge < -0.3 is 39.6 Å². The molecule has 0 N–H and O–H groups in total. The summed E-state index contributed by atoms with van der Waals surface area (Å²) in [6, 6.07) is 0. The van der Waals surface area contributed by atoms with Crippen molar-refractivity contribution in [3.63, 3.8) is 0 Å². The van der Waals surface area contributed by atoms with Gasteiger partial charge in [-0.25, -0.2) is 0 Å². The second-order valence-corrected chi connectivity index (χ2v) is 1.15. The molecule has 0 aliphatic heterocycles. The van der Waals surface area contributed by atoms with Crippen molar-refractivity contribution in [1.82, 2.24) is 0 Å². The van der Waals surface area contributed by atoms with Gasteiger partial charge in [0.1, 0.15) is 0 Å². The quantitative estimate of drug-likeness (QED) is 0.354. The molecule has 0 radical (unpaired) electrons. The van der Waals surface area contributed by atoms with E-state index in [4.69, 9.17) is 39.6 Å². The molecule has 0 unspecified atom stereocenters. The molecule has 0 amide bonds. The molecule has 13 heavy (non-hydrogen) atoms. The van der Waals surface area contributed by atoms with Crippen LogP contribution in [-0.2, 0) is 19.2 Å². The first kappa shape index (κ1) is 17.9. The van der Waals surface area contributed by atoms with Crippen LogP contribution in [0.2, 0.25) is 0 Å². The molecular weight excluding hydrogens is 414 g/mol. The van der Waals surface area contributed by atoms with Crippen LogP contribution >= 0.6 is 0 Å². The van der Waals surface area contributed by atoms with Gasteiger partial charge in [0, 0.05) is 0 Å². The summed E-state index contributed by atoms with van der Waals surface area (Å²) in [5.74, 6) is -8.74. The Morgan fingerprint density at radius 1 is 0.538 bits per heavy atom. The smallest absolute Gasteiger partial charge is 0.543 e. The molecule has 0 aromatic rings. The predicted molar refractivity (Wildman–Crippen MR) is 20.0 cm³/mol. The Kier molecular flexibility index (Phi) is 12.4. The van der Waals surface area contributed by atoms with Gasteiger partial charge in [0.05, 0.1) is 23.9 Å². The van der Waals surface area contributed by atoms with Crippen molar-refractivity contribution in [1.29, 1.82) is 0 Å². The topological polar surface area (TPSA) is 161 Å². The summed E-state index contributed by atoms with van der Waals surface area (Å²) < 4.78 is 0. The molecule has 0 fully saturated rings. The number of carbonyl (C=O) groups excluding carboxylic acids is 4. The zero-order valence-corrected chi connectivity index (χ0v) is 9.93. The van der Waals surface area contributed by atoms with E-state index >= 15 is 0 Å². The van der Waals surface area contributed by atoms with Crippen LogP contribution in [0.5, 0.6) is 0 Å². The minimum absolute atomic E-state index is 0. The van der Waals surface area contributed by atoms with Gasteiger partial charge in [0.2, 0.25) is 0 Å². The molecule has 0 aliphatic carbocycles. The van der Waals surface area contributed by atoms with Crippen LogP contribution in [-0.4, -0.2) is 23.9 Å². The minimum atomic E-state index is -2.19. The van der Waals surface area contributed by atoms with Crippen molar-refractivity contribution < 1.29 is 70.7 Å². The van der Waals surface area contributed by atoms with Crippen LogP contribution in [0.4, 0.5) is 0 Å². The molecule has 9 heteroatoms. The number of carboxylic acids is 4. The normalized spacial score (nSPS) is 6.77. The molecule has 0 spiro atoms. The third kappa shape index (κ3) is 18.2. The number of carboxylic acid groups (broad SMARTS) is 4. The maximum absolute atomic E-state index is 8.93. The predicted octanol–water partition coefficient (Wildman–Crippen LogP) is -7.03. The molecule has 0 aromatic heterocycles. The van der Waals surface area contributed by atoms with Gasteiger partial charge in [0.25, 0.3) is 0 Å². The summed E-state index contributed by atoms with van der Waals surface area (Å²) >= 11 is 0. The zero-order valence-electron chi connectivity index (χ0n) is 5.77. The molecule has 0 heterocycles. The monoisotopic (exact) mass is 414 g/mol. The Morgan fingerprint density at radius 3 is 0.615 bits per heavy atom. The van der Waals surface area contributed by atoms with Crippen LogP contribution in [0.1, 0.15) is 0 Å². The van der Waals surface area contributed by atoms with Crippen molar-refractivity contribution >= 4 is 23.9 Å². The summed E-state index contributed by atoms with van der Waals surface area (Å²) in [4.78, 5) is 35.7. The van der Waals surface area contributed by atoms with E-state index in [0.717, 1.165) is 0 Å². The largest absolute Gasteiger partial charge is 4.00 e. The van der Waals surface area contributed by atoms with Crippen LogP contribution in [0.25, 0.3) is 0 Å². The van der Waals surface area contributed by atoms with E-state index in [1.54, 1.807) is 0 Å². The summed E-state index contributed by atoms with van der Waals surface area (Å²) in [6.45, 7) is 0. The van der Waals surface area contributed by atoms with Gasteiger partial charge in [-0.1, -0.05) is 0 Å². The third-order valence-electron chi connectivity index (χ3n) is 0.333. The molecule has 8 nitrogen and oxygen atoms in total. The van der Waals surface area contributed by atoms with Crippen molar-refractivity contribution in [2.45, 2.75) is 0 Å². The first-order valence-corrected chi connectivity index (χ1v) is 2.13. The molecular formula is C4O8U. The SMILES string of the molecule is O=C([O-])C(=O)[O-].O=C([O-])C(=O)[O-].[U+4]. The average molecular weight is 414 g/mol. The summed E-state index contributed by atoms with van der Waals surface area (Å²) in [7, 11) is 0. The van der Waals surface area contributed by atoms with Crippen LogP contribution in [0.15, 0.2) is 0 Å². The second-order valence-electron chi connectivity index (χ2n) is 1.15. The zero-order chi connectivity index (χ0) is 10.3. The Hall–Kier alpha value is -1.07. The van der Waals surface area contributed by atoms with Crippen LogP contribution in [0.3, 0.4) is 0 Å². The number of rotatable bonds is 0. The molecule has 0 rings (SSSR count). The average Bonchev–Trinajstić information content (AvgIpc) is 1.88. The number of carbonyl (C=O) groups is 4. The van der Waals surface area contributed by atoms with E-state index in [-0.39, 0.29) is 31.1 Å². The van der Waals surface area contributed by atoms with Gasteiger partial charge >= 0.3 is 31.1 Å². The maximum Gasteiger partial charge on any atom is 4.00 e. The van der Waals surface area contributed by atoms with E-state index < -0.39 is 23.9 Å². The fourth-order valence-electron chi connectivity index (χ4n) is 0. The first-order chi connectivity index (χ1) is 5.29. The van der Waals surface area contributed by atoms with E-state index in [1.807, 2.05) is 0 Å². The van der Waals surface area contributed by atoms with Crippen LogP contribution in [0, 0.1) is 31.1 Å². The van der Waals surface area contributed by atoms with E-state index in [9.17, 15) is 0 Å². The maximum atomic E-state index is 8.93. The van der Waals surface area contributed by atoms with E-state index in [0.29, 0.717) is 0 Å². The first-order valence-electron chi connectivity index (χ1n) is 2.13. The molecule has 0 saturated carbocycles. The number of hydrogen-bond donors (Lipinski definition) is 0. The number of aliphatic carboxylic acids is 4. The Labute approximate surface area is 94.5 Å². The van der Waals surface area contributed by atoms with Crippen molar-refractivity contribution in [3.8, 4) is 0 Å². The van der Waals surface area contributed by atoms with Gasteiger partial charge in [-0.05, 0) is 0 Å². The fourth-order valence-corrected chi connectivity index (χ4v) is 0. The summed E-state index contributed by atoms with van der Waals surface area (Å²) in [5, 5.41) is 35.7. The van der Waals surface area contributed by atoms with Gasteiger partial charge in [0.15, 0.2) is 0 Å². The third-order valence-corrected chi connectivity index (χ3v) is 0.333. The molecule has 0 aromatic carbocycles. The van der Waals surface area contributed by atoms with Gasteiger partial charge in [-0.15, -0.1) is 0 Å². The van der Waals surface area contributed by atoms with Crippen molar-refractivity contribution in [2.24, 2.45) is 0 Å². The minimum Gasteiger partial charge on any atom is -0.543 e. The molecule has 0 bridgehead atoms. The van der Waals surface area contributed by atoms with Gasteiger partial charge in [-0.2, -0.15) is 0 Å². The summed E-state index contributed by atoms with van der Waals surface area (Å²) in [5.41, 5.74) is 0. The molecule has 0 atom stereocenters. The van der Waals surface area contributed by atoms with Crippen molar-refractivity contribution in [3.05, 3.63) is 0 Å². The Morgan fingerprint density at radius 2 is 0.615 bits per heavy atom. The molecule has 0 saturated heterocycles. The fraction of sp³-hybridized carbons (Fsp3) is 0. The van der Waals surface area contributed by atoms with Crippen LogP contribution < -0.4 is 20.4 Å². The molecule has 0 aliphatic rings. The van der Waals surface area contributed by atoms with Crippen molar-refractivity contribution in [2.75, 3.05) is 0 Å². The second kappa shape index (κ2) is 9.02.